The van der Waals surface area contributed by atoms with Crippen molar-refractivity contribution in [2.75, 3.05) is 33.2 Å². The van der Waals surface area contributed by atoms with E-state index >= 15 is 0 Å². The summed E-state index contributed by atoms with van der Waals surface area (Å²) in [5.74, 6) is 0.434. The van der Waals surface area contributed by atoms with E-state index in [1.807, 2.05) is 23.1 Å². The van der Waals surface area contributed by atoms with Gasteiger partial charge in [-0.15, -0.1) is 0 Å². The number of amides is 1. The van der Waals surface area contributed by atoms with Crippen LogP contribution in [0.3, 0.4) is 0 Å². The average molecular weight is 368 g/mol. The first-order valence-corrected chi connectivity index (χ1v) is 9.85. The SMILES string of the molecule is CN1CCC(CN(CCc2ccccc2)C(=O)Cc2ccc(F)cc2)CC1. The number of rotatable bonds is 7. The Labute approximate surface area is 161 Å². The Kier molecular flexibility index (Phi) is 6.99. The molecule has 1 fully saturated rings. The summed E-state index contributed by atoms with van der Waals surface area (Å²) in [5.41, 5.74) is 2.12. The fourth-order valence-corrected chi connectivity index (χ4v) is 3.67. The van der Waals surface area contributed by atoms with Gasteiger partial charge in [0.2, 0.25) is 5.91 Å². The van der Waals surface area contributed by atoms with Crippen LogP contribution in [0.15, 0.2) is 54.6 Å². The highest BCUT2D eigenvalue weighted by Crippen LogP contribution is 2.18. The number of hydrogen-bond donors (Lipinski definition) is 0. The van der Waals surface area contributed by atoms with Crippen LogP contribution in [0.5, 0.6) is 0 Å². The predicted octanol–water partition coefficient (Wildman–Crippen LogP) is 3.78. The first-order valence-electron chi connectivity index (χ1n) is 9.85. The number of benzene rings is 2. The molecular weight excluding hydrogens is 339 g/mol. The molecule has 0 radical (unpaired) electrons. The molecule has 144 valence electrons. The van der Waals surface area contributed by atoms with E-state index in [9.17, 15) is 9.18 Å². The van der Waals surface area contributed by atoms with Crippen molar-refractivity contribution in [2.24, 2.45) is 5.92 Å². The molecule has 2 aromatic rings. The Morgan fingerprint density at radius 2 is 1.70 bits per heavy atom. The summed E-state index contributed by atoms with van der Waals surface area (Å²) >= 11 is 0. The third-order valence-electron chi connectivity index (χ3n) is 5.45. The molecule has 2 aromatic carbocycles. The zero-order chi connectivity index (χ0) is 19.1. The molecule has 0 bridgehead atoms. The predicted molar refractivity (Wildman–Crippen MR) is 107 cm³/mol. The lowest BCUT2D eigenvalue weighted by Crippen LogP contribution is -2.41. The van der Waals surface area contributed by atoms with Crippen LogP contribution in [0.25, 0.3) is 0 Å². The van der Waals surface area contributed by atoms with Gasteiger partial charge in [-0.05, 0) is 68.6 Å². The zero-order valence-electron chi connectivity index (χ0n) is 16.1. The van der Waals surface area contributed by atoms with Gasteiger partial charge in [0.15, 0.2) is 0 Å². The summed E-state index contributed by atoms with van der Waals surface area (Å²) < 4.78 is 13.1. The van der Waals surface area contributed by atoms with E-state index in [0.717, 1.165) is 51.0 Å². The quantitative estimate of drug-likeness (QED) is 0.743. The molecule has 4 heteroatoms. The maximum Gasteiger partial charge on any atom is 0.227 e. The molecule has 0 aromatic heterocycles. The Hall–Kier alpha value is -2.20. The Morgan fingerprint density at radius 3 is 2.37 bits per heavy atom. The summed E-state index contributed by atoms with van der Waals surface area (Å²) in [4.78, 5) is 17.4. The van der Waals surface area contributed by atoms with Crippen LogP contribution in [-0.4, -0.2) is 48.9 Å². The van der Waals surface area contributed by atoms with Gasteiger partial charge in [0.1, 0.15) is 5.82 Å². The summed E-state index contributed by atoms with van der Waals surface area (Å²) in [5, 5.41) is 0. The molecule has 1 saturated heterocycles. The van der Waals surface area contributed by atoms with Gasteiger partial charge in [-0.3, -0.25) is 4.79 Å². The Morgan fingerprint density at radius 1 is 1.04 bits per heavy atom. The van der Waals surface area contributed by atoms with Gasteiger partial charge in [-0.2, -0.15) is 0 Å². The summed E-state index contributed by atoms with van der Waals surface area (Å²) in [6.07, 6.45) is 3.48. The van der Waals surface area contributed by atoms with Crippen molar-refractivity contribution < 1.29 is 9.18 Å². The van der Waals surface area contributed by atoms with Crippen LogP contribution in [0.4, 0.5) is 4.39 Å². The molecule has 3 nitrogen and oxygen atoms in total. The molecule has 1 aliphatic heterocycles. The molecule has 0 unspecified atom stereocenters. The highest BCUT2D eigenvalue weighted by molar-refractivity contribution is 5.78. The fraction of sp³-hybridized carbons (Fsp3) is 0.435. The van der Waals surface area contributed by atoms with Gasteiger partial charge in [0.05, 0.1) is 6.42 Å². The topological polar surface area (TPSA) is 23.6 Å². The minimum atomic E-state index is -0.265. The lowest BCUT2D eigenvalue weighted by molar-refractivity contribution is -0.131. The van der Waals surface area contributed by atoms with Gasteiger partial charge in [0.25, 0.3) is 0 Å². The Balaban J connectivity index is 1.63. The van der Waals surface area contributed by atoms with Crippen LogP contribution >= 0.6 is 0 Å². The van der Waals surface area contributed by atoms with E-state index in [4.69, 9.17) is 0 Å². The van der Waals surface area contributed by atoms with Crippen molar-refractivity contribution in [1.29, 1.82) is 0 Å². The smallest absolute Gasteiger partial charge is 0.227 e. The maximum absolute atomic E-state index is 13.1. The van der Waals surface area contributed by atoms with E-state index in [1.165, 1.54) is 17.7 Å². The maximum atomic E-state index is 13.1. The molecule has 0 spiro atoms. The monoisotopic (exact) mass is 368 g/mol. The van der Waals surface area contributed by atoms with Gasteiger partial charge < -0.3 is 9.80 Å². The third-order valence-corrected chi connectivity index (χ3v) is 5.45. The summed E-state index contributed by atoms with van der Waals surface area (Å²) in [6.45, 7) is 3.75. The first-order chi connectivity index (χ1) is 13.1. The van der Waals surface area contributed by atoms with Crippen LogP contribution in [0.2, 0.25) is 0 Å². The lowest BCUT2D eigenvalue weighted by Gasteiger charge is -2.33. The third kappa shape index (κ3) is 6.17. The van der Waals surface area contributed by atoms with Crippen molar-refractivity contribution in [3.8, 4) is 0 Å². The van der Waals surface area contributed by atoms with E-state index in [-0.39, 0.29) is 11.7 Å². The molecule has 0 atom stereocenters. The van der Waals surface area contributed by atoms with Gasteiger partial charge >= 0.3 is 0 Å². The van der Waals surface area contributed by atoms with Crippen LogP contribution < -0.4 is 0 Å². The second-order valence-corrected chi connectivity index (χ2v) is 7.63. The molecule has 0 saturated carbocycles. The summed E-state index contributed by atoms with van der Waals surface area (Å²) in [7, 11) is 2.16. The fourth-order valence-electron chi connectivity index (χ4n) is 3.67. The minimum Gasteiger partial charge on any atom is -0.342 e. The van der Waals surface area contributed by atoms with Crippen molar-refractivity contribution in [2.45, 2.75) is 25.7 Å². The zero-order valence-corrected chi connectivity index (χ0v) is 16.1. The second-order valence-electron chi connectivity index (χ2n) is 7.63. The molecule has 0 aliphatic carbocycles. The highest BCUT2D eigenvalue weighted by atomic mass is 19.1. The number of piperidine rings is 1. The standard InChI is InChI=1S/C23H29FN2O/c1-25-14-11-21(12-15-25)18-26(16-13-19-5-3-2-4-6-19)23(27)17-20-7-9-22(24)10-8-20/h2-10,21H,11-18H2,1H3. The first kappa shape index (κ1) is 19.6. The van der Waals surface area contributed by atoms with Crippen molar-refractivity contribution >= 4 is 5.91 Å². The molecule has 1 heterocycles. The number of halogens is 1. The van der Waals surface area contributed by atoms with Gasteiger partial charge in [-0.1, -0.05) is 42.5 Å². The van der Waals surface area contributed by atoms with Gasteiger partial charge in [-0.25, -0.2) is 4.39 Å². The van der Waals surface area contributed by atoms with E-state index in [1.54, 1.807) is 12.1 Å². The Bertz CT molecular complexity index is 709. The second kappa shape index (κ2) is 9.65. The van der Waals surface area contributed by atoms with Crippen molar-refractivity contribution in [3.05, 3.63) is 71.5 Å². The lowest BCUT2D eigenvalue weighted by atomic mass is 9.96. The van der Waals surface area contributed by atoms with Crippen LogP contribution in [0.1, 0.15) is 24.0 Å². The minimum absolute atomic E-state index is 0.136. The van der Waals surface area contributed by atoms with E-state index in [2.05, 4.69) is 24.1 Å². The molecule has 1 aliphatic rings. The molecule has 1 amide bonds. The number of carbonyl (C=O) groups excluding carboxylic acids is 1. The van der Waals surface area contributed by atoms with Crippen molar-refractivity contribution in [1.82, 2.24) is 9.80 Å². The van der Waals surface area contributed by atoms with E-state index < -0.39 is 0 Å². The normalized spacial score (nSPS) is 15.6. The molecular formula is C23H29FN2O. The van der Waals surface area contributed by atoms with Crippen molar-refractivity contribution in [3.63, 3.8) is 0 Å². The number of nitrogens with zero attached hydrogens (tertiary/aromatic N) is 2. The highest BCUT2D eigenvalue weighted by Gasteiger charge is 2.22. The number of hydrogen-bond acceptors (Lipinski definition) is 2. The van der Waals surface area contributed by atoms with Crippen LogP contribution in [0, 0.1) is 11.7 Å². The van der Waals surface area contributed by atoms with E-state index in [0.29, 0.717) is 12.3 Å². The molecule has 27 heavy (non-hydrogen) atoms. The molecule has 0 N–H and O–H groups in total. The largest absolute Gasteiger partial charge is 0.342 e. The number of carbonyl (C=O) groups is 1. The summed E-state index contributed by atoms with van der Waals surface area (Å²) in [6, 6.07) is 16.6. The average Bonchev–Trinajstić information content (AvgIpc) is 2.69. The van der Waals surface area contributed by atoms with Gasteiger partial charge in [0, 0.05) is 13.1 Å². The number of likely N-dealkylation sites (tertiary alicyclic amines) is 1. The molecule has 3 rings (SSSR count). The van der Waals surface area contributed by atoms with Crippen LogP contribution in [-0.2, 0) is 17.6 Å².